The van der Waals surface area contributed by atoms with Crippen LogP contribution in [0.3, 0.4) is 0 Å². The number of rotatable bonds is 2. The summed E-state index contributed by atoms with van der Waals surface area (Å²) >= 11 is 6.17. The molecule has 0 aromatic heterocycles. The van der Waals surface area contributed by atoms with Gasteiger partial charge in [-0.15, -0.1) is 0 Å². The summed E-state index contributed by atoms with van der Waals surface area (Å²) in [4.78, 5) is 11.7. The maximum absolute atomic E-state index is 11.7. The summed E-state index contributed by atoms with van der Waals surface area (Å²) in [6, 6.07) is 6.04. The van der Waals surface area contributed by atoms with Gasteiger partial charge in [0, 0.05) is 6.04 Å². The maximum atomic E-state index is 11.7. The first-order valence-corrected chi connectivity index (χ1v) is 6.76. The third-order valence-corrected chi connectivity index (χ3v) is 3.17. The van der Waals surface area contributed by atoms with Gasteiger partial charge in [-0.05, 0) is 51.4 Å². The van der Waals surface area contributed by atoms with Gasteiger partial charge in [0.1, 0.15) is 5.60 Å². The molecule has 1 aromatic rings. The molecule has 0 spiro atoms. The second kappa shape index (κ2) is 5.39. The van der Waals surface area contributed by atoms with E-state index in [-0.39, 0.29) is 0 Å². The molecule has 0 bridgehead atoms. The van der Waals surface area contributed by atoms with Gasteiger partial charge in [-0.2, -0.15) is 0 Å². The van der Waals surface area contributed by atoms with Crippen LogP contribution in [-0.4, -0.2) is 18.2 Å². The van der Waals surface area contributed by atoms with Crippen molar-refractivity contribution in [1.82, 2.24) is 5.32 Å². The molecule has 1 aromatic carbocycles. The van der Waals surface area contributed by atoms with Crippen LogP contribution in [-0.2, 0) is 4.74 Å². The van der Waals surface area contributed by atoms with Crippen LogP contribution >= 0.6 is 11.6 Å². The summed E-state index contributed by atoms with van der Waals surface area (Å²) in [5, 5.41) is 6.49. The minimum atomic E-state index is -0.521. The van der Waals surface area contributed by atoms with Crippen molar-refractivity contribution >= 4 is 23.4 Å². The lowest BCUT2D eigenvalue weighted by Crippen LogP contribution is -2.34. The zero-order valence-corrected chi connectivity index (χ0v) is 12.2. The van der Waals surface area contributed by atoms with E-state index in [1.54, 1.807) is 0 Å². The van der Waals surface area contributed by atoms with Gasteiger partial charge in [-0.3, -0.25) is 5.32 Å². The molecule has 2 rings (SSSR count). The van der Waals surface area contributed by atoms with E-state index < -0.39 is 11.7 Å². The number of halogens is 1. The van der Waals surface area contributed by atoms with E-state index in [1.807, 2.05) is 39.0 Å². The molecule has 0 aliphatic carbocycles. The standard InChI is InChI=1S/C14H19ClN2O2/c1-14(2,3)19-13(18)17-12-5-4-9(8-10(12)15)11-6-7-16-11/h4-5,8,11,16H,6-7H2,1-3H3,(H,17,18). The summed E-state index contributed by atoms with van der Waals surface area (Å²) in [6.45, 7) is 6.50. The summed E-state index contributed by atoms with van der Waals surface area (Å²) in [6.07, 6.45) is 0.624. The fourth-order valence-corrected chi connectivity index (χ4v) is 2.07. The Hall–Kier alpha value is -1.26. The molecule has 0 saturated carbocycles. The number of anilines is 1. The SMILES string of the molecule is CC(C)(C)OC(=O)Nc1ccc(C2CCN2)cc1Cl. The lowest BCUT2D eigenvalue weighted by Gasteiger charge is -2.28. The zero-order valence-electron chi connectivity index (χ0n) is 11.4. The Labute approximate surface area is 118 Å². The average Bonchev–Trinajstić information content (AvgIpc) is 2.16. The van der Waals surface area contributed by atoms with E-state index in [4.69, 9.17) is 16.3 Å². The molecule has 2 N–H and O–H groups in total. The van der Waals surface area contributed by atoms with Crippen LogP contribution in [0.2, 0.25) is 5.02 Å². The highest BCUT2D eigenvalue weighted by atomic mass is 35.5. The fourth-order valence-electron chi connectivity index (χ4n) is 1.84. The highest BCUT2D eigenvalue weighted by molar-refractivity contribution is 6.33. The molecule has 1 amide bonds. The van der Waals surface area contributed by atoms with Crippen LogP contribution in [0.4, 0.5) is 10.5 Å². The van der Waals surface area contributed by atoms with Gasteiger partial charge in [-0.25, -0.2) is 4.79 Å². The molecule has 1 unspecified atom stereocenters. The van der Waals surface area contributed by atoms with Crippen LogP contribution in [0.15, 0.2) is 18.2 Å². The third kappa shape index (κ3) is 3.85. The molecular formula is C14H19ClN2O2. The normalized spacial score (nSPS) is 18.6. The first kappa shape index (κ1) is 14.2. The van der Waals surface area contributed by atoms with Crippen molar-refractivity contribution in [3.05, 3.63) is 28.8 Å². The van der Waals surface area contributed by atoms with Crippen molar-refractivity contribution in [2.24, 2.45) is 0 Å². The second-order valence-corrected chi connectivity index (χ2v) is 6.07. The van der Waals surface area contributed by atoms with E-state index in [9.17, 15) is 4.79 Å². The van der Waals surface area contributed by atoms with Crippen molar-refractivity contribution < 1.29 is 9.53 Å². The zero-order chi connectivity index (χ0) is 14.0. The highest BCUT2D eigenvalue weighted by Gasteiger charge is 2.20. The molecule has 1 aliphatic rings. The lowest BCUT2D eigenvalue weighted by molar-refractivity contribution is 0.0636. The number of ether oxygens (including phenoxy) is 1. The molecule has 1 heterocycles. The predicted molar refractivity (Wildman–Crippen MR) is 76.7 cm³/mol. The number of carbonyl (C=O) groups is 1. The molecule has 4 nitrogen and oxygen atoms in total. The van der Waals surface area contributed by atoms with E-state index in [0.29, 0.717) is 16.8 Å². The first-order chi connectivity index (χ1) is 8.85. The number of nitrogens with one attached hydrogen (secondary N) is 2. The van der Waals surface area contributed by atoms with Crippen LogP contribution in [0.25, 0.3) is 0 Å². The second-order valence-electron chi connectivity index (χ2n) is 5.66. The van der Waals surface area contributed by atoms with Crippen molar-refractivity contribution in [2.75, 3.05) is 11.9 Å². The number of hydrogen-bond donors (Lipinski definition) is 2. The Morgan fingerprint density at radius 2 is 2.16 bits per heavy atom. The number of carbonyl (C=O) groups excluding carboxylic acids is 1. The number of amides is 1. The maximum Gasteiger partial charge on any atom is 0.412 e. The monoisotopic (exact) mass is 282 g/mol. The molecule has 1 atom stereocenters. The quantitative estimate of drug-likeness (QED) is 0.869. The predicted octanol–water partition coefficient (Wildman–Crippen LogP) is 3.72. The van der Waals surface area contributed by atoms with Gasteiger partial charge < -0.3 is 10.1 Å². The lowest BCUT2D eigenvalue weighted by atomic mass is 9.98. The Morgan fingerprint density at radius 1 is 1.47 bits per heavy atom. The van der Waals surface area contributed by atoms with Gasteiger partial charge in [0.15, 0.2) is 0 Å². The molecular weight excluding hydrogens is 264 g/mol. The molecule has 1 aliphatic heterocycles. The minimum absolute atomic E-state index is 0.382. The summed E-state index contributed by atoms with van der Waals surface area (Å²) in [5.74, 6) is 0. The molecule has 1 fully saturated rings. The van der Waals surface area contributed by atoms with Gasteiger partial charge >= 0.3 is 6.09 Å². The summed E-state index contributed by atoms with van der Waals surface area (Å²) in [5.41, 5.74) is 1.19. The van der Waals surface area contributed by atoms with Crippen molar-refractivity contribution in [3.8, 4) is 0 Å². The van der Waals surface area contributed by atoms with E-state index in [2.05, 4.69) is 10.6 Å². The van der Waals surface area contributed by atoms with E-state index >= 15 is 0 Å². The van der Waals surface area contributed by atoms with Gasteiger partial charge in [0.25, 0.3) is 0 Å². The molecule has 0 radical (unpaired) electrons. The molecule has 19 heavy (non-hydrogen) atoms. The number of hydrogen-bond acceptors (Lipinski definition) is 3. The fraction of sp³-hybridized carbons (Fsp3) is 0.500. The van der Waals surface area contributed by atoms with Crippen LogP contribution in [0, 0.1) is 0 Å². The van der Waals surface area contributed by atoms with E-state index in [1.165, 1.54) is 0 Å². The Balaban J connectivity index is 2.02. The molecule has 1 saturated heterocycles. The van der Waals surface area contributed by atoms with Crippen molar-refractivity contribution in [3.63, 3.8) is 0 Å². The summed E-state index contributed by atoms with van der Waals surface area (Å²) in [7, 11) is 0. The largest absolute Gasteiger partial charge is 0.444 e. The van der Waals surface area contributed by atoms with Crippen LogP contribution < -0.4 is 10.6 Å². The smallest absolute Gasteiger partial charge is 0.412 e. The van der Waals surface area contributed by atoms with Crippen LogP contribution in [0.1, 0.15) is 38.8 Å². The van der Waals surface area contributed by atoms with Gasteiger partial charge in [0.2, 0.25) is 0 Å². The third-order valence-electron chi connectivity index (χ3n) is 2.85. The average molecular weight is 283 g/mol. The Bertz CT molecular complexity index is 479. The first-order valence-electron chi connectivity index (χ1n) is 6.38. The highest BCUT2D eigenvalue weighted by Crippen LogP contribution is 2.29. The van der Waals surface area contributed by atoms with Gasteiger partial charge in [0.05, 0.1) is 10.7 Å². The molecule has 5 heteroatoms. The van der Waals surface area contributed by atoms with Crippen molar-refractivity contribution in [2.45, 2.75) is 38.8 Å². The van der Waals surface area contributed by atoms with E-state index in [0.717, 1.165) is 18.5 Å². The Kier molecular flexibility index (Phi) is 4.02. The minimum Gasteiger partial charge on any atom is -0.444 e. The topological polar surface area (TPSA) is 50.4 Å². The summed E-state index contributed by atoms with van der Waals surface area (Å²) < 4.78 is 5.19. The van der Waals surface area contributed by atoms with Crippen LogP contribution in [0.5, 0.6) is 0 Å². The van der Waals surface area contributed by atoms with Gasteiger partial charge in [-0.1, -0.05) is 17.7 Å². The molecule has 104 valence electrons. The van der Waals surface area contributed by atoms with Crippen molar-refractivity contribution in [1.29, 1.82) is 0 Å². The number of benzene rings is 1. The Morgan fingerprint density at radius 3 is 2.63 bits per heavy atom.